The Hall–Kier alpha value is -2.15. The van der Waals surface area contributed by atoms with Crippen LogP contribution in [0.4, 0.5) is 5.69 Å². The molecule has 7 heteroatoms. The third kappa shape index (κ3) is 3.19. The third-order valence-corrected chi connectivity index (χ3v) is 4.34. The monoisotopic (exact) mass is 302 g/mol. The van der Waals surface area contributed by atoms with Crippen molar-refractivity contribution in [2.24, 2.45) is 7.05 Å². The van der Waals surface area contributed by atoms with Crippen LogP contribution in [0.25, 0.3) is 0 Å². The largest absolute Gasteiger partial charge is 0.322 e. The number of aryl methyl sites for hydroxylation is 1. The van der Waals surface area contributed by atoms with E-state index in [0.717, 1.165) is 43.0 Å². The minimum Gasteiger partial charge on any atom is -0.322 e. The molecule has 0 radical (unpaired) electrons. The van der Waals surface area contributed by atoms with Crippen molar-refractivity contribution in [3.63, 3.8) is 0 Å². The van der Waals surface area contributed by atoms with Crippen LogP contribution in [-0.4, -0.2) is 50.4 Å². The van der Waals surface area contributed by atoms with Gasteiger partial charge in [0.15, 0.2) is 0 Å². The molecule has 1 aliphatic rings. The first-order chi connectivity index (χ1) is 10.6. The van der Waals surface area contributed by atoms with Crippen LogP contribution in [0.1, 0.15) is 30.1 Å². The number of hydrogen-bond donors (Lipinski definition) is 2. The van der Waals surface area contributed by atoms with Gasteiger partial charge in [0.1, 0.15) is 0 Å². The lowest BCUT2D eigenvalue weighted by molar-refractivity contribution is -0.117. The molecule has 2 aromatic heterocycles. The maximum Gasteiger partial charge on any atom is 0.238 e. The number of H-pyrrole nitrogens is 1. The zero-order valence-electron chi connectivity index (χ0n) is 13.0. The van der Waals surface area contributed by atoms with Crippen LogP contribution in [0.5, 0.6) is 0 Å². The van der Waals surface area contributed by atoms with Crippen LogP contribution in [0.3, 0.4) is 0 Å². The van der Waals surface area contributed by atoms with E-state index in [0.29, 0.717) is 12.5 Å². The molecule has 1 unspecified atom stereocenters. The Bertz CT molecular complexity index is 633. The fourth-order valence-corrected chi connectivity index (χ4v) is 2.96. The highest BCUT2D eigenvalue weighted by atomic mass is 16.2. The predicted octanol–water partition coefficient (Wildman–Crippen LogP) is 1.27. The Morgan fingerprint density at radius 1 is 1.55 bits per heavy atom. The van der Waals surface area contributed by atoms with E-state index in [4.69, 9.17) is 0 Å². The fourth-order valence-electron chi connectivity index (χ4n) is 2.96. The van der Waals surface area contributed by atoms with Gasteiger partial charge in [-0.25, -0.2) is 0 Å². The molecule has 22 heavy (non-hydrogen) atoms. The van der Waals surface area contributed by atoms with Crippen molar-refractivity contribution in [2.75, 3.05) is 25.0 Å². The standard InChI is InChI=1S/C15H22N6O/c1-11-14(8-17-20(11)2)18-15(22)10-21-7-3-4-12(9-21)13-5-6-16-19-13/h5-6,8,12H,3-4,7,9-10H2,1-2H3,(H,16,19)(H,18,22). The number of nitrogens with one attached hydrogen (secondary N) is 2. The number of carbonyl (C=O) groups is 1. The molecule has 3 rings (SSSR count). The summed E-state index contributed by atoms with van der Waals surface area (Å²) in [4.78, 5) is 14.4. The minimum atomic E-state index is 0.0151. The van der Waals surface area contributed by atoms with E-state index in [-0.39, 0.29) is 5.91 Å². The molecule has 7 nitrogen and oxygen atoms in total. The molecule has 118 valence electrons. The number of nitrogens with zero attached hydrogens (tertiary/aromatic N) is 4. The zero-order chi connectivity index (χ0) is 15.5. The number of hydrogen-bond acceptors (Lipinski definition) is 4. The van der Waals surface area contributed by atoms with Gasteiger partial charge in [0.05, 0.1) is 24.1 Å². The summed E-state index contributed by atoms with van der Waals surface area (Å²) in [5.41, 5.74) is 2.91. The van der Waals surface area contributed by atoms with E-state index < -0.39 is 0 Å². The molecule has 0 bridgehead atoms. The number of amides is 1. The molecular formula is C15H22N6O. The van der Waals surface area contributed by atoms with Gasteiger partial charge >= 0.3 is 0 Å². The first-order valence-electron chi connectivity index (χ1n) is 7.63. The van der Waals surface area contributed by atoms with E-state index in [2.05, 4.69) is 25.5 Å². The molecule has 0 spiro atoms. The molecule has 0 saturated carbocycles. The zero-order valence-corrected chi connectivity index (χ0v) is 13.0. The molecule has 1 saturated heterocycles. The Kier molecular flexibility index (Phi) is 4.24. The van der Waals surface area contributed by atoms with E-state index in [9.17, 15) is 4.79 Å². The molecule has 0 aliphatic carbocycles. The van der Waals surface area contributed by atoms with E-state index in [1.165, 1.54) is 0 Å². The van der Waals surface area contributed by atoms with Gasteiger partial charge < -0.3 is 5.32 Å². The predicted molar refractivity (Wildman–Crippen MR) is 83.6 cm³/mol. The van der Waals surface area contributed by atoms with Crippen LogP contribution in [0.2, 0.25) is 0 Å². The summed E-state index contributed by atoms with van der Waals surface area (Å²) in [5.74, 6) is 0.450. The lowest BCUT2D eigenvalue weighted by Crippen LogP contribution is -2.39. The molecule has 1 atom stereocenters. The molecule has 0 aromatic carbocycles. The number of carbonyl (C=O) groups excluding carboxylic acids is 1. The van der Waals surface area contributed by atoms with Gasteiger partial charge in [-0.3, -0.25) is 19.5 Å². The molecule has 3 heterocycles. The average molecular weight is 302 g/mol. The van der Waals surface area contributed by atoms with Gasteiger partial charge in [-0.15, -0.1) is 0 Å². The average Bonchev–Trinajstić information content (AvgIpc) is 3.14. The van der Waals surface area contributed by atoms with Crippen molar-refractivity contribution >= 4 is 11.6 Å². The van der Waals surface area contributed by atoms with Crippen LogP contribution in [-0.2, 0) is 11.8 Å². The first-order valence-corrected chi connectivity index (χ1v) is 7.63. The summed E-state index contributed by atoms with van der Waals surface area (Å²) < 4.78 is 1.75. The summed E-state index contributed by atoms with van der Waals surface area (Å²) in [6, 6.07) is 2.02. The maximum absolute atomic E-state index is 12.2. The SMILES string of the molecule is Cc1c(NC(=O)CN2CCCC(c3ccn[nH]3)C2)cnn1C. The molecule has 1 aliphatic heterocycles. The summed E-state index contributed by atoms with van der Waals surface area (Å²) >= 11 is 0. The van der Waals surface area contributed by atoms with Crippen molar-refractivity contribution in [1.82, 2.24) is 24.9 Å². The third-order valence-electron chi connectivity index (χ3n) is 4.34. The van der Waals surface area contributed by atoms with Crippen LogP contribution in [0.15, 0.2) is 18.5 Å². The minimum absolute atomic E-state index is 0.0151. The number of piperidine rings is 1. The van der Waals surface area contributed by atoms with Gasteiger partial charge in [-0.05, 0) is 32.4 Å². The second kappa shape index (κ2) is 6.31. The highest BCUT2D eigenvalue weighted by Gasteiger charge is 2.23. The summed E-state index contributed by atoms with van der Waals surface area (Å²) in [7, 11) is 1.87. The van der Waals surface area contributed by atoms with Crippen LogP contribution >= 0.6 is 0 Å². The maximum atomic E-state index is 12.2. The molecular weight excluding hydrogens is 280 g/mol. The highest BCUT2D eigenvalue weighted by molar-refractivity contribution is 5.92. The van der Waals surface area contributed by atoms with Gasteiger partial charge in [-0.2, -0.15) is 10.2 Å². The molecule has 1 fully saturated rings. The number of aromatic nitrogens is 4. The van der Waals surface area contributed by atoms with E-state index >= 15 is 0 Å². The van der Waals surface area contributed by atoms with Crippen LogP contribution < -0.4 is 5.32 Å². The molecule has 1 amide bonds. The topological polar surface area (TPSA) is 78.8 Å². The lowest BCUT2D eigenvalue weighted by Gasteiger charge is -2.31. The van der Waals surface area contributed by atoms with Crippen molar-refractivity contribution in [1.29, 1.82) is 0 Å². The van der Waals surface area contributed by atoms with Crippen molar-refractivity contribution in [2.45, 2.75) is 25.7 Å². The lowest BCUT2D eigenvalue weighted by atomic mass is 9.95. The fraction of sp³-hybridized carbons (Fsp3) is 0.533. The molecule has 2 aromatic rings. The van der Waals surface area contributed by atoms with Crippen molar-refractivity contribution in [3.8, 4) is 0 Å². The summed E-state index contributed by atoms with van der Waals surface area (Å²) in [5, 5.41) is 14.1. The second-order valence-corrected chi connectivity index (χ2v) is 5.90. The van der Waals surface area contributed by atoms with Gasteiger partial charge in [0.25, 0.3) is 0 Å². The Labute approximate surface area is 129 Å². The quantitative estimate of drug-likeness (QED) is 0.891. The van der Waals surface area contributed by atoms with Crippen molar-refractivity contribution < 1.29 is 4.79 Å². The van der Waals surface area contributed by atoms with Gasteiger partial charge in [0, 0.05) is 31.4 Å². The summed E-state index contributed by atoms with van der Waals surface area (Å²) in [6.07, 6.45) is 5.72. The number of rotatable bonds is 4. The molecule has 2 N–H and O–H groups in total. The highest BCUT2D eigenvalue weighted by Crippen LogP contribution is 2.25. The van der Waals surface area contributed by atoms with E-state index in [1.54, 1.807) is 17.1 Å². The van der Waals surface area contributed by atoms with Gasteiger partial charge in [-0.1, -0.05) is 0 Å². The van der Waals surface area contributed by atoms with Crippen molar-refractivity contribution in [3.05, 3.63) is 29.8 Å². The van der Waals surface area contributed by atoms with E-state index in [1.807, 2.05) is 20.0 Å². The van der Waals surface area contributed by atoms with Crippen LogP contribution in [0, 0.1) is 6.92 Å². The Morgan fingerprint density at radius 2 is 2.41 bits per heavy atom. The smallest absolute Gasteiger partial charge is 0.238 e. The van der Waals surface area contributed by atoms with Gasteiger partial charge in [0.2, 0.25) is 5.91 Å². The number of aromatic amines is 1. The first kappa shape index (κ1) is 14.8. The normalized spacial score (nSPS) is 19.3. The number of likely N-dealkylation sites (tertiary alicyclic amines) is 1. The summed E-state index contributed by atoms with van der Waals surface area (Å²) in [6.45, 7) is 4.21. The Morgan fingerprint density at radius 3 is 3.09 bits per heavy atom. The number of anilines is 1. The second-order valence-electron chi connectivity index (χ2n) is 5.90. The Balaban J connectivity index is 1.56.